The highest BCUT2D eigenvalue weighted by atomic mass is 16.2. The third kappa shape index (κ3) is 3.33. The lowest BCUT2D eigenvalue weighted by Crippen LogP contribution is -2.22. The number of unbranched alkanes of at least 4 members (excludes halogenated alkanes) is 2. The first kappa shape index (κ1) is 14.0. The quantitative estimate of drug-likeness (QED) is 0.752. The van der Waals surface area contributed by atoms with Gasteiger partial charge in [-0.25, -0.2) is 4.98 Å². The van der Waals surface area contributed by atoms with E-state index >= 15 is 0 Å². The smallest absolute Gasteiger partial charge is 0.126 e. The molecule has 0 aliphatic carbocycles. The second kappa shape index (κ2) is 6.68. The van der Waals surface area contributed by atoms with Gasteiger partial charge in [-0.05, 0) is 44.9 Å². The highest BCUT2D eigenvalue weighted by Crippen LogP contribution is 2.18. The molecule has 1 atom stereocenters. The lowest BCUT2D eigenvalue weighted by molar-refractivity contribution is 0.282. The van der Waals surface area contributed by atoms with Gasteiger partial charge in [0.15, 0.2) is 0 Å². The number of nitrogens with one attached hydrogen (secondary N) is 1. The Morgan fingerprint density at radius 3 is 2.79 bits per heavy atom. The molecule has 1 aromatic carbocycles. The molecule has 2 aromatic rings. The molecule has 2 N–H and O–H groups in total. The maximum atomic E-state index is 8.74. The van der Waals surface area contributed by atoms with Crippen molar-refractivity contribution >= 4 is 11.0 Å². The van der Waals surface area contributed by atoms with Crippen molar-refractivity contribution in [2.45, 2.75) is 32.2 Å². The molecule has 0 aliphatic heterocycles. The van der Waals surface area contributed by atoms with E-state index in [4.69, 9.17) is 5.11 Å². The molecule has 0 saturated heterocycles. The van der Waals surface area contributed by atoms with Crippen LogP contribution < -0.4 is 5.32 Å². The van der Waals surface area contributed by atoms with Crippen LogP contribution in [0.3, 0.4) is 0 Å². The molecule has 0 spiro atoms. The van der Waals surface area contributed by atoms with Crippen LogP contribution in [-0.2, 0) is 7.05 Å². The normalized spacial score (nSPS) is 13.0. The molecule has 4 nitrogen and oxygen atoms in total. The van der Waals surface area contributed by atoms with Crippen molar-refractivity contribution in [3.8, 4) is 0 Å². The Hall–Kier alpha value is -1.39. The Morgan fingerprint density at radius 1 is 1.26 bits per heavy atom. The number of aromatic nitrogens is 2. The van der Waals surface area contributed by atoms with E-state index in [1.54, 1.807) is 0 Å². The number of imidazole rings is 1. The molecule has 0 saturated carbocycles. The van der Waals surface area contributed by atoms with E-state index in [-0.39, 0.29) is 6.04 Å². The third-order valence-corrected chi connectivity index (χ3v) is 3.49. The fraction of sp³-hybridized carbons (Fsp3) is 0.533. The number of aryl methyl sites for hydroxylation is 1. The SMILES string of the molecule is CC(NCCCCCO)c1nc2ccccc2n1C. The molecule has 4 heteroatoms. The average molecular weight is 261 g/mol. The molecule has 1 heterocycles. The zero-order chi connectivity index (χ0) is 13.7. The van der Waals surface area contributed by atoms with Crippen molar-refractivity contribution in [3.63, 3.8) is 0 Å². The summed E-state index contributed by atoms with van der Waals surface area (Å²) in [4.78, 5) is 4.69. The van der Waals surface area contributed by atoms with Crippen LogP contribution in [0.2, 0.25) is 0 Å². The second-order valence-corrected chi connectivity index (χ2v) is 4.98. The van der Waals surface area contributed by atoms with Gasteiger partial charge in [-0.3, -0.25) is 0 Å². The van der Waals surface area contributed by atoms with Crippen molar-refractivity contribution in [2.75, 3.05) is 13.2 Å². The van der Waals surface area contributed by atoms with E-state index in [9.17, 15) is 0 Å². The van der Waals surface area contributed by atoms with Crippen molar-refractivity contribution in [2.24, 2.45) is 7.05 Å². The maximum Gasteiger partial charge on any atom is 0.126 e. The first-order valence-electron chi connectivity index (χ1n) is 6.99. The van der Waals surface area contributed by atoms with E-state index in [1.165, 1.54) is 5.52 Å². The predicted octanol–water partition coefficient (Wildman–Crippen LogP) is 2.39. The molecular formula is C15H23N3O. The Kier molecular flexibility index (Phi) is 4.93. The number of para-hydroxylation sites is 2. The van der Waals surface area contributed by atoms with Crippen LogP contribution in [0.5, 0.6) is 0 Å². The van der Waals surface area contributed by atoms with E-state index < -0.39 is 0 Å². The predicted molar refractivity (Wildman–Crippen MR) is 78.1 cm³/mol. The minimum absolute atomic E-state index is 0.242. The number of fused-ring (bicyclic) bond motifs is 1. The Balaban J connectivity index is 1.97. The fourth-order valence-corrected chi connectivity index (χ4v) is 2.37. The van der Waals surface area contributed by atoms with Gasteiger partial charge in [-0.1, -0.05) is 12.1 Å². The van der Waals surface area contributed by atoms with Crippen LogP contribution in [-0.4, -0.2) is 27.8 Å². The van der Waals surface area contributed by atoms with Crippen LogP contribution >= 0.6 is 0 Å². The van der Waals surface area contributed by atoms with E-state index in [0.29, 0.717) is 6.61 Å². The molecule has 2 rings (SSSR count). The molecule has 1 unspecified atom stereocenters. The van der Waals surface area contributed by atoms with Crippen molar-refractivity contribution in [3.05, 3.63) is 30.1 Å². The Morgan fingerprint density at radius 2 is 2.05 bits per heavy atom. The van der Waals surface area contributed by atoms with Gasteiger partial charge in [0.1, 0.15) is 5.82 Å². The first-order chi connectivity index (χ1) is 9.24. The van der Waals surface area contributed by atoms with Gasteiger partial charge in [0, 0.05) is 13.7 Å². The summed E-state index contributed by atoms with van der Waals surface area (Å²) in [5.74, 6) is 1.07. The number of hydrogen-bond acceptors (Lipinski definition) is 3. The van der Waals surface area contributed by atoms with E-state index in [2.05, 4.69) is 34.9 Å². The summed E-state index contributed by atoms with van der Waals surface area (Å²) in [6.45, 7) is 3.40. The van der Waals surface area contributed by atoms with Crippen molar-refractivity contribution in [1.82, 2.24) is 14.9 Å². The molecule has 19 heavy (non-hydrogen) atoms. The number of hydrogen-bond donors (Lipinski definition) is 2. The summed E-state index contributed by atoms with van der Waals surface area (Å²) in [5.41, 5.74) is 2.22. The van der Waals surface area contributed by atoms with Gasteiger partial charge < -0.3 is 15.0 Å². The zero-order valence-electron chi connectivity index (χ0n) is 11.8. The zero-order valence-corrected chi connectivity index (χ0v) is 11.8. The average Bonchev–Trinajstić information content (AvgIpc) is 2.76. The van der Waals surface area contributed by atoms with Gasteiger partial charge >= 0.3 is 0 Å². The summed E-state index contributed by atoms with van der Waals surface area (Å²) in [6.07, 6.45) is 3.05. The van der Waals surface area contributed by atoms with Crippen LogP contribution in [0.4, 0.5) is 0 Å². The van der Waals surface area contributed by atoms with Gasteiger partial charge in [-0.2, -0.15) is 0 Å². The maximum absolute atomic E-state index is 8.74. The highest BCUT2D eigenvalue weighted by Gasteiger charge is 2.13. The monoisotopic (exact) mass is 261 g/mol. The van der Waals surface area contributed by atoms with Gasteiger partial charge in [0.25, 0.3) is 0 Å². The first-order valence-corrected chi connectivity index (χ1v) is 6.99. The number of nitrogens with zero attached hydrogens (tertiary/aromatic N) is 2. The largest absolute Gasteiger partial charge is 0.396 e. The summed E-state index contributed by atoms with van der Waals surface area (Å²) in [6, 6.07) is 8.45. The van der Waals surface area contributed by atoms with Crippen LogP contribution in [0.15, 0.2) is 24.3 Å². The summed E-state index contributed by atoms with van der Waals surface area (Å²) in [7, 11) is 2.06. The van der Waals surface area contributed by atoms with Crippen LogP contribution in [0.1, 0.15) is 38.1 Å². The number of aliphatic hydroxyl groups excluding tert-OH is 1. The second-order valence-electron chi connectivity index (χ2n) is 4.98. The van der Waals surface area contributed by atoms with Gasteiger partial charge in [-0.15, -0.1) is 0 Å². The topological polar surface area (TPSA) is 50.1 Å². The molecule has 0 amide bonds. The van der Waals surface area contributed by atoms with Crippen LogP contribution in [0.25, 0.3) is 11.0 Å². The van der Waals surface area contributed by atoms with E-state index in [1.807, 2.05) is 18.2 Å². The number of rotatable bonds is 7. The molecule has 0 fully saturated rings. The molecular weight excluding hydrogens is 238 g/mol. The lowest BCUT2D eigenvalue weighted by Gasteiger charge is -2.13. The number of benzene rings is 1. The molecule has 104 valence electrons. The molecule has 0 radical (unpaired) electrons. The molecule has 0 bridgehead atoms. The Labute approximate surface area is 114 Å². The minimum Gasteiger partial charge on any atom is -0.396 e. The molecule has 0 aliphatic rings. The summed E-state index contributed by atoms with van der Waals surface area (Å²) < 4.78 is 2.15. The third-order valence-electron chi connectivity index (χ3n) is 3.49. The van der Waals surface area contributed by atoms with E-state index in [0.717, 1.165) is 37.1 Å². The number of aliphatic hydroxyl groups is 1. The van der Waals surface area contributed by atoms with Crippen molar-refractivity contribution in [1.29, 1.82) is 0 Å². The van der Waals surface area contributed by atoms with Gasteiger partial charge in [0.05, 0.1) is 17.1 Å². The highest BCUT2D eigenvalue weighted by molar-refractivity contribution is 5.75. The Bertz CT molecular complexity index is 521. The summed E-state index contributed by atoms with van der Waals surface area (Å²) in [5, 5.41) is 12.2. The fourth-order valence-electron chi connectivity index (χ4n) is 2.37. The van der Waals surface area contributed by atoms with Gasteiger partial charge in [0.2, 0.25) is 0 Å². The standard InChI is InChI=1S/C15H23N3O/c1-12(16-10-6-3-7-11-19)15-17-13-8-4-5-9-14(13)18(15)2/h4-5,8-9,12,16,19H,3,6-7,10-11H2,1-2H3. The summed E-state index contributed by atoms with van der Waals surface area (Å²) >= 11 is 0. The minimum atomic E-state index is 0.242. The lowest BCUT2D eigenvalue weighted by atomic mass is 10.2. The van der Waals surface area contributed by atoms with Crippen LogP contribution in [0, 0.1) is 0 Å². The molecule has 1 aromatic heterocycles. The van der Waals surface area contributed by atoms with Crippen molar-refractivity contribution < 1.29 is 5.11 Å².